The molecule has 1 unspecified atom stereocenters. The lowest BCUT2D eigenvalue weighted by Gasteiger charge is -2.16. The molecule has 7 nitrogen and oxygen atoms in total. The topological polar surface area (TPSA) is 84.7 Å². The van der Waals surface area contributed by atoms with Gasteiger partial charge < -0.3 is 10.6 Å². The first-order valence-corrected chi connectivity index (χ1v) is 8.20. The first-order valence-electron chi connectivity index (χ1n) is 8.20. The molecule has 0 bridgehead atoms. The predicted molar refractivity (Wildman–Crippen MR) is 97.2 cm³/mol. The highest BCUT2D eigenvalue weighted by atomic mass is 16.2. The number of fused-ring (bicyclic) bond motifs is 1. The molecule has 0 saturated heterocycles. The highest BCUT2D eigenvalue weighted by Gasteiger charge is 2.16. The van der Waals surface area contributed by atoms with E-state index in [2.05, 4.69) is 25.7 Å². The monoisotopic (exact) mass is 338 g/mol. The Balaban J connectivity index is 1.68. The van der Waals surface area contributed by atoms with Crippen molar-refractivity contribution in [3.63, 3.8) is 0 Å². The summed E-state index contributed by atoms with van der Waals surface area (Å²) >= 11 is 0. The molecule has 0 radical (unpaired) electrons. The van der Waals surface area contributed by atoms with E-state index >= 15 is 0 Å². The van der Waals surface area contributed by atoms with Crippen LogP contribution >= 0.6 is 0 Å². The molecule has 0 aliphatic rings. The van der Waals surface area contributed by atoms with Crippen LogP contribution in [0.5, 0.6) is 0 Å². The molecule has 0 aliphatic carbocycles. The first kappa shape index (κ1) is 16.9. The average molecular weight is 338 g/mol. The van der Waals surface area contributed by atoms with Gasteiger partial charge in [0.05, 0.1) is 11.2 Å². The summed E-state index contributed by atoms with van der Waals surface area (Å²) in [6, 6.07) is 7.28. The Morgan fingerprint density at radius 2 is 2.00 bits per heavy atom. The van der Waals surface area contributed by atoms with Crippen LogP contribution in [0.15, 0.2) is 30.6 Å². The van der Waals surface area contributed by atoms with E-state index in [-0.39, 0.29) is 5.91 Å². The highest BCUT2D eigenvalue weighted by Crippen LogP contribution is 2.19. The van der Waals surface area contributed by atoms with Gasteiger partial charge in [0.2, 0.25) is 5.91 Å². The molecule has 0 fully saturated rings. The largest absolute Gasteiger partial charge is 0.358 e. The lowest BCUT2D eigenvalue weighted by molar-refractivity contribution is -0.121. The van der Waals surface area contributed by atoms with Gasteiger partial charge in [-0.05, 0) is 32.9 Å². The third-order valence-electron chi connectivity index (χ3n) is 4.39. The Morgan fingerprint density at radius 1 is 1.24 bits per heavy atom. The van der Waals surface area contributed by atoms with Gasteiger partial charge in [-0.3, -0.25) is 9.48 Å². The summed E-state index contributed by atoms with van der Waals surface area (Å²) in [5.74, 6) is 0.562. The molecule has 2 N–H and O–H groups in total. The molecule has 1 amide bonds. The number of aromatic nitrogens is 4. The van der Waals surface area contributed by atoms with E-state index in [1.165, 1.54) is 6.33 Å². The fourth-order valence-corrected chi connectivity index (χ4v) is 2.79. The van der Waals surface area contributed by atoms with Gasteiger partial charge in [-0.15, -0.1) is 0 Å². The maximum absolute atomic E-state index is 12.4. The molecular formula is C18H22N6O. The Hall–Kier alpha value is -2.96. The SMILES string of the molecule is Cc1nn(C)c(C)c1CNC(=O)C(C)Nc1ncnc2ccccc12. The summed E-state index contributed by atoms with van der Waals surface area (Å²) in [6.07, 6.45) is 1.50. The zero-order chi connectivity index (χ0) is 18.0. The molecule has 130 valence electrons. The third kappa shape index (κ3) is 3.45. The van der Waals surface area contributed by atoms with Crippen LogP contribution in [0.1, 0.15) is 23.9 Å². The number of benzene rings is 1. The molecule has 0 aliphatic heterocycles. The second-order valence-corrected chi connectivity index (χ2v) is 6.10. The van der Waals surface area contributed by atoms with Gasteiger partial charge in [-0.2, -0.15) is 5.10 Å². The van der Waals surface area contributed by atoms with E-state index in [0.717, 1.165) is 27.9 Å². The second-order valence-electron chi connectivity index (χ2n) is 6.10. The number of para-hydroxylation sites is 1. The summed E-state index contributed by atoms with van der Waals surface area (Å²) in [5, 5.41) is 11.4. The van der Waals surface area contributed by atoms with E-state index in [0.29, 0.717) is 12.4 Å². The zero-order valence-electron chi connectivity index (χ0n) is 14.9. The summed E-state index contributed by atoms with van der Waals surface area (Å²) in [5.41, 5.74) is 3.88. The zero-order valence-corrected chi connectivity index (χ0v) is 14.9. The molecule has 2 heterocycles. The molecule has 1 atom stereocenters. The number of carbonyl (C=O) groups is 1. The molecule has 25 heavy (non-hydrogen) atoms. The van der Waals surface area contributed by atoms with Crippen LogP contribution < -0.4 is 10.6 Å². The van der Waals surface area contributed by atoms with Crippen LogP contribution in [0.4, 0.5) is 5.82 Å². The summed E-state index contributed by atoms with van der Waals surface area (Å²) in [6.45, 7) is 6.22. The number of hydrogen-bond donors (Lipinski definition) is 2. The van der Waals surface area contributed by atoms with Crippen molar-refractivity contribution in [1.29, 1.82) is 0 Å². The summed E-state index contributed by atoms with van der Waals surface area (Å²) < 4.78 is 1.82. The first-order chi connectivity index (χ1) is 12.0. The molecule has 2 aromatic heterocycles. The third-order valence-corrected chi connectivity index (χ3v) is 4.39. The number of nitrogens with one attached hydrogen (secondary N) is 2. The molecule has 3 rings (SSSR count). The van der Waals surface area contributed by atoms with Gasteiger partial charge in [0.25, 0.3) is 0 Å². The standard InChI is InChI=1S/C18H22N6O/c1-11-15(13(3)24(4)23-11)9-19-18(25)12(2)22-17-14-7-5-6-8-16(14)20-10-21-17/h5-8,10,12H,9H2,1-4H3,(H,19,25)(H,20,21,22). The fraction of sp³-hybridized carbons (Fsp3) is 0.333. The van der Waals surface area contributed by atoms with Crippen molar-refractivity contribution in [1.82, 2.24) is 25.1 Å². The number of aryl methyl sites for hydroxylation is 2. The number of rotatable bonds is 5. The van der Waals surface area contributed by atoms with Crippen LogP contribution in [-0.2, 0) is 18.4 Å². The predicted octanol–water partition coefficient (Wildman–Crippen LogP) is 2.10. The quantitative estimate of drug-likeness (QED) is 0.744. The van der Waals surface area contributed by atoms with Crippen molar-refractivity contribution in [3.8, 4) is 0 Å². The van der Waals surface area contributed by atoms with Crippen LogP contribution in [0.25, 0.3) is 10.9 Å². The number of hydrogen-bond acceptors (Lipinski definition) is 5. The van der Waals surface area contributed by atoms with Gasteiger partial charge >= 0.3 is 0 Å². The minimum absolute atomic E-state index is 0.0923. The normalized spacial score (nSPS) is 12.2. The molecule has 0 spiro atoms. The molecule has 1 aromatic carbocycles. The van der Waals surface area contributed by atoms with Gasteiger partial charge in [0.1, 0.15) is 18.2 Å². The molecule has 0 saturated carbocycles. The average Bonchev–Trinajstić information content (AvgIpc) is 2.85. The van der Waals surface area contributed by atoms with Crippen molar-refractivity contribution in [2.45, 2.75) is 33.4 Å². The maximum Gasteiger partial charge on any atom is 0.242 e. The van der Waals surface area contributed by atoms with E-state index in [1.54, 1.807) is 0 Å². The Labute approximate surface area is 146 Å². The van der Waals surface area contributed by atoms with Crippen molar-refractivity contribution < 1.29 is 4.79 Å². The summed E-state index contributed by atoms with van der Waals surface area (Å²) in [4.78, 5) is 20.9. The minimum Gasteiger partial charge on any atom is -0.358 e. The lowest BCUT2D eigenvalue weighted by atomic mass is 10.2. The van der Waals surface area contributed by atoms with Crippen LogP contribution in [-0.4, -0.2) is 31.7 Å². The van der Waals surface area contributed by atoms with Crippen LogP contribution in [0.3, 0.4) is 0 Å². The maximum atomic E-state index is 12.4. The van der Waals surface area contributed by atoms with Crippen LogP contribution in [0.2, 0.25) is 0 Å². The lowest BCUT2D eigenvalue weighted by Crippen LogP contribution is -2.37. The van der Waals surface area contributed by atoms with Crippen LogP contribution in [0, 0.1) is 13.8 Å². The number of carbonyl (C=O) groups excluding carboxylic acids is 1. The van der Waals surface area contributed by atoms with E-state index in [4.69, 9.17) is 0 Å². The van der Waals surface area contributed by atoms with Gasteiger partial charge in [-0.1, -0.05) is 12.1 Å². The van der Waals surface area contributed by atoms with E-state index in [1.807, 2.05) is 56.8 Å². The van der Waals surface area contributed by atoms with Crippen molar-refractivity contribution >= 4 is 22.6 Å². The fourth-order valence-electron chi connectivity index (χ4n) is 2.79. The van der Waals surface area contributed by atoms with Crippen molar-refractivity contribution in [3.05, 3.63) is 47.5 Å². The number of anilines is 1. The van der Waals surface area contributed by atoms with Crippen molar-refractivity contribution in [2.75, 3.05) is 5.32 Å². The Kier molecular flexibility index (Phi) is 4.65. The van der Waals surface area contributed by atoms with E-state index in [9.17, 15) is 4.79 Å². The number of amides is 1. The number of nitrogens with zero attached hydrogens (tertiary/aromatic N) is 4. The summed E-state index contributed by atoms with van der Waals surface area (Å²) in [7, 11) is 1.90. The van der Waals surface area contributed by atoms with Crippen molar-refractivity contribution in [2.24, 2.45) is 7.05 Å². The Morgan fingerprint density at radius 3 is 2.72 bits per heavy atom. The molecule has 7 heteroatoms. The van der Waals surface area contributed by atoms with Gasteiger partial charge in [0.15, 0.2) is 0 Å². The minimum atomic E-state index is -0.421. The smallest absolute Gasteiger partial charge is 0.242 e. The van der Waals surface area contributed by atoms with E-state index < -0.39 is 6.04 Å². The Bertz CT molecular complexity index is 912. The second kappa shape index (κ2) is 6.88. The molecular weight excluding hydrogens is 316 g/mol. The highest BCUT2D eigenvalue weighted by molar-refractivity contribution is 5.91. The molecule has 3 aromatic rings. The van der Waals surface area contributed by atoms with Gasteiger partial charge in [-0.25, -0.2) is 9.97 Å². The van der Waals surface area contributed by atoms with Gasteiger partial charge in [0, 0.05) is 30.2 Å².